The molecule has 12 heteroatoms. The maximum absolute atomic E-state index is 13.2. The molecule has 3 aromatic carbocycles. The molecule has 0 atom stereocenters. The zero-order valence-corrected chi connectivity index (χ0v) is 24.0. The lowest BCUT2D eigenvalue weighted by molar-refractivity contribution is 0.396. The zero-order chi connectivity index (χ0) is 29.4. The molecule has 10 nitrogen and oxygen atoms in total. The summed E-state index contributed by atoms with van der Waals surface area (Å²) in [6.45, 7) is 2.32. The van der Waals surface area contributed by atoms with Gasteiger partial charge in [0.15, 0.2) is 0 Å². The quantitative estimate of drug-likeness (QED) is 0.260. The summed E-state index contributed by atoms with van der Waals surface area (Å²) in [5.41, 5.74) is 2.51. The Kier molecular flexibility index (Phi) is 7.32. The minimum absolute atomic E-state index is 0.117. The zero-order valence-electron chi connectivity index (χ0n) is 22.5. The van der Waals surface area contributed by atoms with Gasteiger partial charge in [-0.1, -0.05) is 42.3 Å². The SMILES string of the molecule is CCc1nc(=O)n(-c2ccc(CNc3nc(=O)n(-c4nccc(OC)n4)c4cc(Cl)ccc34)cc2)c2cc(Cl)ccc12. The maximum Gasteiger partial charge on any atom is 0.357 e. The summed E-state index contributed by atoms with van der Waals surface area (Å²) in [7, 11) is 1.48. The van der Waals surface area contributed by atoms with Crippen LogP contribution in [0, 0.1) is 0 Å². The highest BCUT2D eigenvalue weighted by molar-refractivity contribution is 6.31. The second-order valence-corrected chi connectivity index (χ2v) is 10.2. The van der Waals surface area contributed by atoms with Crippen molar-refractivity contribution in [2.24, 2.45) is 0 Å². The van der Waals surface area contributed by atoms with Crippen molar-refractivity contribution >= 4 is 50.8 Å². The van der Waals surface area contributed by atoms with Crippen molar-refractivity contribution in [2.45, 2.75) is 19.9 Å². The van der Waals surface area contributed by atoms with E-state index in [2.05, 4.69) is 25.3 Å². The van der Waals surface area contributed by atoms with Gasteiger partial charge in [-0.25, -0.2) is 19.1 Å². The van der Waals surface area contributed by atoms with Crippen LogP contribution in [0.3, 0.4) is 0 Å². The topological polar surface area (TPSA) is 117 Å². The number of aromatic nitrogens is 6. The average Bonchev–Trinajstić information content (AvgIpc) is 2.99. The lowest BCUT2D eigenvalue weighted by atomic mass is 10.1. The summed E-state index contributed by atoms with van der Waals surface area (Å²) in [6, 6.07) is 19.7. The second-order valence-electron chi connectivity index (χ2n) is 9.35. The van der Waals surface area contributed by atoms with Crippen molar-refractivity contribution < 1.29 is 4.74 Å². The molecule has 0 aliphatic heterocycles. The Balaban J connectivity index is 1.33. The van der Waals surface area contributed by atoms with E-state index in [0.29, 0.717) is 56.8 Å². The molecule has 0 radical (unpaired) electrons. The minimum atomic E-state index is -0.580. The third-order valence-electron chi connectivity index (χ3n) is 6.80. The van der Waals surface area contributed by atoms with Crippen molar-refractivity contribution in [3.05, 3.63) is 115 Å². The van der Waals surface area contributed by atoms with Gasteiger partial charge in [0, 0.05) is 39.6 Å². The van der Waals surface area contributed by atoms with Crippen molar-refractivity contribution in [1.29, 1.82) is 0 Å². The van der Waals surface area contributed by atoms with Crippen LogP contribution in [0.5, 0.6) is 5.88 Å². The summed E-state index contributed by atoms with van der Waals surface area (Å²) in [5.74, 6) is 0.807. The third-order valence-corrected chi connectivity index (χ3v) is 7.27. The Bertz CT molecular complexity index is 2090. The normalized spacial score (nSPS) is 11.2. The standard InChI is InChI=1S/C30H23Cl2N7O3/c1-3-23-21-10-6-18(31)14-24(21)38(29(40)35-23)20-8-4-17(5-9-20)16-34-27-22-11-7-19(32)15-25(22)39(30(41)37-27)28-33-13-12-26(36-28)42-2/h4-15H,3,16H2,1-2H3,(H,34,37,41). The average molecular weight is 600 g/mol. The number of aryl methyl sites for hydroxylation is 1. The van der Waals surface area contributed by atoms with Crippen LogP contribution in [-0.4, -0.2) is 36.2 Å². The Morgan fingerprint density at radius 1 is 0.810 bits per heavy atom. The first-order valence-corrected chi connectivity index (χ1v) is 13.8. The van der Waals surface area contributed by atoms with Crippen LogP contribution in [0.2, 0.25) is 10.0 Å². The number of anilines is 1. The molecule has 0 spiro atoms. The number of nitrogens with one attached hydrogen (secondary N) is 1. The van der Waals surface area contributed by atoms with Gasteiger partial charge in [0.2, 0.25) is 11.8 Å². The molecule has 0 unspecified atom stereocenters. The van der Waals surface area contributed by atoms with Gasteiger partial charge in [-0.05, 0) is 60.5 Å². The molecule has 1 N–H and O–H groups in total. The van der Waals surface area contributed by atoms with Gasteiger partial charge in [0.25, 0.3) is 0 Å². The van der Waals surface area contributed by atoms with E-state index < -0.39 is 5.69 Å². The fourth-order valence-electron chi connectivity index (χ4n) is 4.81. The molecule has 0 saturated heterocycles. The molecule has 0 bridgehead atoms. The van der Waals surface area contributed by atoms with E-state index in [9.17, 15) is 9.59 Å². The lowest BCUT2D eigenvalue weighted by Gasteiger charge is -2.14. The highest BCUT2D eigenvalue weighted by atomic mass is 35.5. The van der Waals surface area contributed by atoms with Crippen LogP contribution in [0.1, 0.15) is 18.2 Å². The van der Waals surface area contributed by atoms with Gasteiger partial charge in [-0.3, -0.25) is 4.57 Å². The molecule has 0 fully saturated rings. The fraction of sp³-hybridized carbons (Fsp3) is 0.133. The summed E-state index contributed by atoms with van der Waals surface area (Å²) in [6.07, 6.45) is 2.13. The molecule has 6 aromatic rings. The van der Waals surface area contributed by atoms with Crippen LogP contribution in [0.15, 0.2) is 82.5 Å². The summed E-state index contributed by atoms with van der Waals surface area (Å²) in [5, 5.41) is 5.76. The van der Waals surface area contributed by atoms with Crippen LogP contribution in [0.25, 0.3) is 33.4 Å². The fourth-order valence-corrected chi connectivity index (χ4v) is 5.14. The molecule has 6 rings (SSSR count). The molecule has 210 valence electrons. The van der Waals surface area contributed by atoms with E-state index in [1.54, 1.807) is 41.0 Å². The molecule has 0 aliphatic carbocycles. The van der Waals surface area contributed by atoms with Crippen molar-refractivity contribution in [3.63, 3.8) is 0 Å². The van der Waals surface area contributed by atoms with Crippen molar-refractivity contribution in [3.8, 4) is 17.5 Å². The largest absolute Gasteiger partial charge is 0.481 e. The molecule has 0 aliphatic rings. The number of methoxy groups -OCH3 is 1. The van der Waals surface area contributed by atoms with Crippen LogP contribution in [-0.2, 0) is 13.0 Å². The molecule has 3 heterocycles. The van der Waals surface area contributed by atoms with Gasteiger partial charge in [-0.15, -0.1) is 0 Å². The number of ether oxygens (including phenoxy) is 1. The Labute approximate surface area is 249 Å². The van der Waals surface area contributed by atoms with Gasteiger partial charge in [0.1, 0.15) is 5.82 Å². The summed E-state index contributed by atoms with van der Waals surface area (Å²) < 4.78 is 8.03. The first kappa shape index (κ1) is 27.4. The van der Waals surface area contributed by atoms with E-state index in [-0.39, 0.29) is 11.6 Å². The minimum Gasteiger partial charge on any atom is -0.481 e. The number of nitrogens with zero attached hydrogens (tertiary/aromatic N) is 6. The predicted molar refractivity (Wildman–Crippen MR) is 164 cm³/mol. The highest BCUT2D eigenvalue weighted by Crippen LogP contribution is 2.26. The van der Waals surface area contributed by atoms with E-state index >= 15 is 0 Å². The number of hydrogen-bond donors (Lipinski definition) is 1. The van der Waals surface area contributed by atoms with E-state index in [0.717, 1.165) is 16.6 Å². The van der Waals surface area contributed by atoms with Gasteiger partial charge in [0.05, 0.1) is 29.5 Å². The van der Waals surface area contributed by atoms with Gasteiger partial charge < -0.3 is 10.1 Å². The number of benzene rings is 3. The van der Waals surface area contributed by atoms with Gasteiger partial charge in [-0.2, -0.15) is 15.0 Å². The van der Waals surface area contributed by atoms with E-state index in [1.165, 1.54) is 17.9 Å². The summed E-state index contributed by atoms with van der Waals surface area (Å²) in [4.78, 5) is 43.3. The number of hydrogen-bond acceptors (Lipinski definition) is 8. The Hall–Kier alpha value is -4.80. The summed E-state index contributed by atoms with van der Waals surface area (Å²) >= 11 is 12.6. The van der Waals surface area contributed by atoms with Gasteiger partial charge >= 0.3 is 11.4 Å². The number of fused-ring (bicyclic) bond motifs is 2. The van der Waals surface area contributed by atoms with Crippen molar-refractivity contribution in [1.82, 2.24) is 29.1 Å². The number of halogens is 2. The van der Waals surface area contributed by atoms with Crippen molar-refractivity contribution in [2.75, 3.05) is 12.4 Å². The Morgan fingerprint density at radius 3 is 2.17 bits per heavy atom. The first-order valence-electron chi connectivity index (χ1n) is 13.0. The van der Waals surface area contributed by atoms with E-state index in [1.807, 2.05) is 37.3 Å². The van der Waals surface area contributed by atoms with Crippen LogP contribution >= 0.6 is 23.2 Å². The second kappa shape index (κ2) is 11.2. The molecular formula is C30H23Cl2N7O3. The lowest BCUT2D eigenvalue weighted by Crippen LogP contribution is -2.25. The predicted octanol–water partition coefficient (Wildman–Crippen LogP) is 5.36. The molecule has 0 amide bonds. The Morgan fingerprint density at radius 2 is 1.48 bits per heavy atom. The molecule has 3 aromatic heterocycles. The molecule has 0 saturated carbocycles. The third kappa shape index (κ3) is 5.06. The monoisotopic (exact) mass is 599 g/mol. The van der Waals surface area contributed by atoms with Crippen LogP contribution < -0.4 is 21.4 Å². The maximum atomic E-state index is 13.2. The number of rotatable bonds is 7. The first-order chi connectivity index (χ1) is 20.4. The van der Waals surface area contributed by atoms with Crippen LogP contribution in [0.4, 0.5) is 5.82 Å². The molecular weight excluding hydrogens is 577 g/mol. The molecule has 42 heavy (non-hydrogen) atoms. The highest BCUT2D eigenvalue weighted by Gasteiger charge is 2.16. The smallest absolute Gasteiger partial charge is 0.357 e. The van der Waals surface area contributed by atoms with E-state index in [4.69, 9.17) is 27.9 Å².